The fraction of sp³-hybridized carbons (Fsp3) is 0.231. The standard InChI is InChI=1S/C26H24N2O4S/c1-18(29)27-11-10-19-5-2-3-7-22(19)23(27)16-26(30)28(17-21-6-4-14-33-21)20-8-9-24-25(15-20)32-13-12-31-24/h2-11,14-15,23H,12-13,16-17H2,1H3. The highest BCUT2D eigenvalue weighted by Crippen LogP contribution is 2.37. The molecule has 0 spiro atoms. The second-order valence-corrected chi connectivity index (χ2v) is 9.01. The van der Waals surface area contributed by atoms with Crippen LogP contribution in [0.4, 0.5) is 5.69 Å². The predicted molar refractivity (Wildman–Crippen MR) is 128 cm³/mol. The SMILES string of the molecule is CC(=O)N1C=Cc2ccccc2C1CC(=O)N(Cc1cccs1)c1ccc2c(c1)OCCO2. The largest absolute Gasteiger partial charge is 0.486 e. The van der Waals surface area contributed by atoms with E-state index in [9.17, 15) is 9.59 Å². The lowest BCUT2D eigenvalue weighted by Gasteiger charge is -2.34. The molecule has 3 heterocycles. The first-order chi connectivity index (χ1) is 16.1. The van der Waals surface area contributed by atoms with E-state index in [-0.39, 0.29) is 24.3 Å². The topological polar surface area (TPSA) is 59.1 Å². The summed E-state index contributed by atoms with van der Waals surface area (Å²) in [6.07, 6.45) is 3.86. The Kier molecular flexibility index (Phi) is 5.88. The van der Waals surface area contributed by atoms with Gasteiger partial charge in [0, 0.05) is 29.8 Å². The summed E-state index contributed by atoms with van der Waals surface area (Å²) in [7, 11) is 0. The molecule has 0 aliphatic carbocycles. The molecule has 2 aromatic carbocycles. The van der Waals surface area contributed by atoms with Crippen LogP contribution in [-0.4, -0.2) is 29.9 Å². The maximum atomic E-state index is 13.8. The van der Waals surface area contributed by atoms with Crippen molar-refractivity contribution in [1.82, 2.24) is 4.90 Å². The van der Waals surface area contributed by atoms with Crippen molar-refractivity contribution in [3.05, 3.63) is 82.2 Å². The van der Waals surface area contributed by atoms with Crippen LogP contribution in [0.25, 0.3) is 6.08 Å². The van der Waals surface area contributed by atoms with Gasteiger partial charge >= 0.3 is 0 Å². The zero-order chi connectivity index (χ0) is 22.8. The van der Waals surface area contributed by atoms with Gasteiger partial charge in [0.1, 0.15) is 13.2 Å². The second kappa shape index (κ2) is 9.11. The highest BCUT2D eigenvalue weighted by molar-refractivity contribution is 7.09. The first-order valence-corrected chi connectivity index (χ1v) is 11.8. The number of fused-ring (bicyclic) bond motifs is 2. The van der Waals surface area contributed by atoms with Gasteiger partial charge in [-0.15, -0.1) is 11.3 Å². The molecule has 168 valence electrons. The van der Waals surface area contributed by atoms with Crippen LogP contribution in [0.2, 0.25) is 0 Å². The zero-order valence-corrected chi connectivity index (χ0v) is 19.1. The van der Waals surface area contributed by atoms with E-state index >= 15 is 0 Å². The lowest BCUT2D eigenvalue weighted by molar-refractivity contribution is -0.129. The van der Waals surface area contributed by atoms with E-state index in [0.29, 0.717) is 31.3 Å². The Balaban J connectivity index is 1.48. The molecule has 5 rings (SSSR count). The highest BCUT2D eigenvalue weighted by atomic mass is 32.1. The minimum Gasteiger partial charge on any atom is -0.486 e. The number of ether oxygens (including phenoxy) is 2. The van der Waals surface area contributed by atoms with Gasteiger partial charge in [-0.3, -0.25) is 9.59 Å². The molecule has 7 heteroatoms. The van der Waals surface area contributed by atoms with Gasteiger partial charge < -0.3 is 19.3 Å². The highest BCUT2D eigenvalue weighted by Gasteiger charge is 2.31. The normalized spacial score (nSPS) is 16.3. The smallest absolute Gasteiger partial charge is 0.229 e. The maximum absolute atomic E-state index is 13.8. The van der Waals surface area contributed by atoms with Crippen molar-refractivity contribution >= 4 is 34.9 Å². The average Bonchev–Trinajstić information content (AvgIpc) is 3.35. The molecule has 1 unspecified atom stereocenters. The van der Waals surface area contributed by atoms with Crippen molar-refractivity contribution in [2.75, 3.05) is 18.1 Å². The third-order valence-corrected chi connectivity index (χ3v) is 6.73. The molecule has 2 aliphatic heterocycles. The van der Waals surface area contributed by atoms with E-state index < -0.39 is 0 Å². The Labute approximate surface area is 196 Å². The predicted octanol–water partition coefficient (Wildman–Crippen LogP) is 5.02. The second-order valence-electron chi connectivity index (χ2n) is 7.98. The van der Waals surface area contributed by atoms with E-state index in [4.69, 9.17) is 9.47 Å². The van der Waals surface area contributed by atoms with Crippen molar-refractivity contribution in [2.24, 2.45) is 0 Å². The van der Waals surface area contributed by atoms with Gasteiger partial charge in [0.25, 0.3) is 0 Å². The molecule has 0 bridgehead atoms. The summed E-state index contributed by atoms with van der Waals surface area (Å²) in [4.78, 5) is 30.6. The molecule has 0 N–H and O–H groups in total. The summed E-state index contributed by atoms with van der Waals surface area (Å²) in [6.45, 7) is 2.97. The molecule has 1 aromatic heterocycles. The van der Waals surface area contributed by atoms with Crippen molar-refractivity contribution in [2.45, 2.75) is 25.9 Å². The Morgan fingerprint density at radius 1 is 1.06 bits per heavy atom. The van der Waals surface area contributed by atoms with Gasteiger partial charge in [0.2, 0.25) is 11.8 Å². The summed E-state index contributed by atoms with van der Waals surface area (Å²) < 4.78 is 11.4. The van der Waals surface area contributed by atoms with Crippen molar-refractivity contribution < 1.29 is 19.1 Å². The van der Waals surface area contributed by atoms with Gasteiger partial charge in [-0.05, 0) is 40.8 Å². The number of nitrogens with zero attached hydrogens (tertiary/aromatic N) is 2. The van der Waals surface area contributed by atoms with Crippen LogP contribution in [0.5, 0.6) is 11.5 Å². The molecule has 0 saturated heterocycles. The van der Waals surface area contributed by atoms with E-state index in [1.807, 2.05) is 66.1 Å². The molecule has 33 heavy (non-hydrogen) atoms. The monoisotopic (exact) mass is 460 g/mol. The third kappa shape index (κ3) is 4.36. The fourth-order valence-corrected chi connectivity index (χ4v) is 4.96. The first-order valence-electron chi connectivity index (χ1n) is 10.9. The van der Waals surface area contributed by atoms with Crippen LogP contribution in [0.1, 0.15) is 35.4 Å². The third-order valence-electron chi connectivity index (χ3n) is 5.87. The van der Waals surface area contributed by atoms with Crippen LogP contribution in [0.3, 0.4) is 0 Å². The molecule has 2 amide bonds. The van der Waals surface area contributed by atoms with Crippen LogP contribution in [0, 0.1) is 0 Å². The Bertz CT molecular complexity index is 1200. The quantitative estimate of drug-likeness (QED) is 0.537. The Morgan fingerprint density at radius 2 is 1.88 bits per heavy atom. The summed E-state index contributed by atoms with van der Waals surface area (Å²) in [5.41, 5.74) is 2.74. The minimum atomic E-state index is -0.362. The lowest BCUT2D eigenvalue weighted by Crippen LogP contribution is -2.37. The lowest BCUT2D eigenvalue weighted by atomic mass is 9.93. The number of amides is 2. The molecular formula is C26H24N2O4S. The van der Waals surface area contributed by atoms with Crippen molar-refractivity contribution in [3.8, 4) is 11.5 Å². The van der Waals surface area contributed by atoms with Gasteiger partial charge in [0.15, 0.2) is 11.5 Å². The van der Waals surface area contributed by atoms with E-state index in [1.165, 1.54) is 6.92 Å². The van der Waals surface area contributed by atoms with Crippen LogP contribution in [-0.2, 0) is 16.1 Å². The Morgan fingerprint density at radius 3 is 2.67 bits per heavy atom. The average molecular weight is 461 g/mol. The van der Waals surface area contributed by atoms with Gasteiger partial charge in [-0.25, -0.2) is 0 Å². The molecular weight excluding hydrogens is 436 g/mol. The number of thiophene rings is 1. The first kappa shape index (κ1) is 21.3. The number of benzene rings is 2. The number of carbonyl (C=O) groups is 2. The van der Waals surface area contributed by atoms with Gasteiger partial charge in [-0.2, -0.15) is 0 Å². The molecule has 2 aliphatic rings. The molecule has 0 radical (unpaired) electrons. The van der Waals surface area contributed by atoms with Crippen LogP contribution >= 0.6 is 11.3 Å². The summed E-state index contributed by atoms with van der Waals surface area (Å²) in [6, 6.07) is 17.1. The fourth-order valence-electron chi connectivity index (χ4n) is 4.27. The van der Waals surface area contributed by atoms with Crippen molar-refractivity contribution in [3.63, 3.8) is 0 Å². The number of rotatable bonds is 5. The summed E-state index contributed by atoms with van der Waals surface area (Å²) >= 11 is 1.61. The van der Waals surface area contributed by atoms with Crippen molar-refractivity contribution in [1.29, 1.82) is 0 Å². The van der Waals surface area contributed by atoms with Gasteiger partial charge in [0.05, 0.1) is 19.0 Å². The molecule has 3 aromatic rings. The number of hydrogen-bond donors (Lipinski definition) is 0. The van der Waals surface area contributed by atoms with E-state index in [1.54, 1.807) is 27.3 Å². The van der Waals surface area contributed by atoms with E-state index in [0.717, 1.165) is 21.7 Å². The van der Waals surface area contributed by atoms with Gasteiger partial charge in [-0.1, -0.05) is 30.3 Å². The Hall–Kier alpha value is -3.58. The zero-order valence-electron chi connectivity index (χ0n) is 18.3. The molecule has 1 atom stereocenters. The molecule has 0 fully saturated rings. The molecule has 6 nitrogen and oxygen atoms in total. The number of carbonyl (C=O) groups excluding carboxylic acids is 2. The summed E-state index contributed by atoms with van der Waals surface area (Å²) in [5.74, 6) is 1.16. The van der Waals surface area contributed by atoms with Crippen LogP contribution in [0.15, 0.2) is 66.2 Å². The number of hydrogen-bond acceptors (Lipinski definition) is 5. The molecule has 0 saturated carbocycles. The minimum absolute atomic E-state index is 0.0681. The maximum Gasteiger partial charge on any atom is 0.229 e. The summed E-state index contributed by atoms with van der Waals surface area (Å²) in [5, 5.41) is 2.00. The number of anilines is 1. The van der Waals surface area contributed by atoms with E-state index in [2.05, 4.69) is 0 Å². The van der Waals surface area contributed by atoms with Crippen LogP contribution < -0.4 is 14.4 Å².